The van der Waals surface area contributed by atoms with Crippen molar-refractivity contribution in [1.82, 2.24) is 42.2 Å². The van der Waals surface area contributed by atoms with Crippen molar-refractivity contribution < 1.29 is 71.6 Å². The second-order valence-electron chi connectivity index (χ2n) is 23.5. The number of amides is 7. The van der Waals surface area contributed by atoms with E-state index in [-0.39, 0.29) is 26.1 Å². The van der Waals surface area contributed by atoms with Gasteiger partial charge < -0.3 is 70.6 Å². The summed E-state index contributed by atoms with van der Waals surface area (Å²) in [7, 11) is 2.94. The monoisotopic (exact) mass is 1310 g/mol. The Bertz CT molecular complexity index is 3910. The minimum absolute atomic E-state index is 0.0724. The number of hydrogen-bond donors (Lipinski definition) is 8. The molecule has 7 aromatic rings. The molecule has 1 saturated heterocycles. The van der Waals surface area contributed by atoms with Crippen LogP contribution in [0, 0.1) is 11.8 Å². The van der Waals surface area contributed by atoms with Crippen LogP contribution >= 0.6 is 0 Å². The average molecular weight is 1310 g/mol. The zero-order valence-corrected chi connectivity index (χ0v) is 54.4. The van der Waals surface area contributed by atoms with Gasteiger partial charge in [0, 0.05) is 42.1 Å². The molecule has 1 aromatic heterocycles. The lowest BCUT2D eigenvalue weighted by Crippen LogP contribution is -2.62. The van der Waals surface area contributed by atoms with E-state index >= 15 is 9.59 Å². The molecule has 1 aliphatic heterocycles. The standard InChI is InChI=1S/C73H80N8O15/c1-44(2)65-72(89)77-55(35-47-19-11-8-12-20-47)69(86)81-66(45(3)4)73(90)79-58(43-96-64(83)34-30-49-28-32-60(62(37-49)92-7)94-41-51-23-15-10-16-24-51)71(88)76-56(38-52-39-74-54-26-18-17-25-53(52)54)68(85)78-57(70(87)75-46(5)67(84)80-65)42-95-63(82)33-29-48-27-31-59(61(36-48)91-6)93-40-50-21-13-9-14-22-50/h8-34,36-37,39,44-46,55-58,65-66,74H,35,38,40-43H2,1-7H3,(H,75,87)(H,76,88)(H,77,89)(H,78,85)(H,79,90)(H,80,84)(H,81,86)/b33-29+,34-30+/t46-,55+,56-,57+,58-,65-,66-/m1/s1. The summed E-state index contributed by atoms with van der Waals surface area (Å²) in [6.45, 7) is 6.82. The summed E-state index contributed by atoms with van der Waals surface area (Å²) in [6, 6.07) is 34.3. The number of rotatable bonds is 22. The summed E-state index contributed by atoms with van der Waals surface area (Å²) in [5.41, 5.74) is 4.71. The normalized spacial score (nSPS) is 19.4. The fourth-order valence-corrected chi connectivity index (χ4v) is 10.2. The van der Waals surface area contributed by atoms with Crippen molar-refractivity contribution >= 4 is 76.3 Å². The maximum Gasteiger partial charge on any atom is 0.330 e. The molecule has 502 valence electrons. The minimum Gasteiger partial charge on any atom is -0.493 e. The number of ether oxygens (including phenoxy) is 6. The third-order valence-corrected chi connectivity index (χ3v) is 15.6. The van der Waals surface area contributed by atoms with Gasteiger partial charge in [0.25, 0.3) is 0 Å². The number of fused-ring (bicyclic) bond motifs is 1. The first kappa shape index (κ1) is 70.6. The lowest BCUT2D eigenvalue weighted by Gasteiger charge is -2.29. The van der Waals surface area contributed by atoms with E-state index < -0.39 is 121 Å². The second-order valence-corrected chi connectivity index (χ2v) is 23.5. The van der Waals surface area contributed by atoms with E-state index in [1.54, 1.807) is 125 Å². The lowest BCUT2D eigenvalue weighted by molar-refractivity contribution is -0.143. The SMILES string of the molecule is COc1cc(/C=C/C(=O)OC[C@@H]2NC(=O)[C@@H](Cc3c[nH]c4ccccc34)NC(=O)[C@@H](COC(=O)/C=C/c3ccc(OCc4ccccc4)c(OC)c3)NC(=O)[C@@H](C(C)C)NC(=O)[C@H](Cc3ccccc3)NC(=O)[C@@H](C(C)C)NC(=O)[C@@H](C)NC2=O)ccc1OCc1ccccc1. The number of aromatic amines is 1. The van der Waals surface area contributed by atoms with Crippen molar-refractivity contribution in [3.8, 4) is 23.0 Å². The molecule has 23 heteroatoms. The predicted octanol–water partition coefficient (Wildman–Crippen LogP) is 6.38. The third kappa shape index (κ3) is 20.4. The van der Waals surface area contributed by atoms with Gasteiger partial charge >= 0.3 is 11.9 Å². The number of H-pyrrole nitrogens is 1. The highest BCUT2D eigenvalue weighted by Crippen LogP contribution is 2.31. The molecule has 7 amide bonds. The number of para-hydroxylation sites is 1. The van der Waals surface area contributed by atoms with Gasteiger partial charge in [0.2, 0.25) is 41.4 Å². The van der Waals surface area contributed by atoms with Gasteiger partial charge in [-0.05, 0) is 94.6 Å². The number of carbonyl (C=O) groups is 9. The van der Waals surface area contributed by atoms with Gasteiger partial charge in [-0.2, -0.15) is 0 Å². The van der Waals surface area contributed by atoms with Crippen LogP contribution in [0.2, 0.25) is 0 Å². The third-order valence-electron chi connectivity index (χ3n) is 15.6. The van der Waals surface area contributed by atoms with E-state index in [9.17, 15) is 33.6 Å². The molecule has 8 N–H and O–H groups in total. The Balaban J connectivity index is 1.11. The minimum atomic E-state index is -1.78. The second kappa shape index (κ2) is 34.6. The summed E-state index contributed by atoms with van der Waals surface area (Å²) in [5, 5.41) is 19.4. The maximum absolute atomic E-state index is 15.1. The molecule has 8 rings (SSSR count). The summed E-state index contributed by atoms with van der Waals surface area (Å²) in [5.74, 6) is -7.97. The van der Waals surface area contributed by atoms with Crippen LogP contribution in [0.4, 0.5) is 0 Å². The van der Waals surface area contributed by atoms with Crippen LogP contribution in [-0.2, 0) is 78.7 Å². The average Bonchev–Trinajstić information content (AvgIpc) is 1.65. The number of aromatic nitrogens is 1. The smallest absolute Gasteiger partial charge is 0.330 e. The van der Waals surface area contributed by atoms with Gasteiger partial charge in [-0.25, -0.2) is 9.59 Å². The number of nitrogens with one attached hydrogen (secondary N) is 8. The molecule has 0 unspecified atom stereocenters. The summed E-state index contributed by atoms with van der Waals surface area (Å²) in [4.78, 5) is 133. The molecule has 0 bridgehead atoms. The Morgan fingerprint density at radius 2 is 0.844 bits per heavy atom. The summed E-state index contributed by atoms with van der Waals surface area (Å²) >= 11 is 0. The highest BCUT2D eigenvalue weighted by molar-refractivity contribution is 6.00. The van der Waals surface area contributed by atoms with Crippen molar-refractivity contribution in [3.05, 3.63) is 203 Å². The Morgan fingerprint density at radius 3 is 1.34 bits per heavy atom. The van der Waals surface area contributed by atoms with E-state index in [1.165, 1.54) is 33.3 Å². The van der Waals surface area contributed by atoms with Crippen LogP contribution in [0.15, 0.2) is 170 Å². The molecule has 2 heterocycles. The molecule has 23 nitrogen and oxygen atoms in total. The fourth-order valence-electron chi connectivity index (χ4n) is 10.2. The van der Waals surface area contributed by atoms with E-state index in [2.05, 4.69) is 42.2 Å². The van der Waals surface area contributed by atoms with Crippen molar-refractivity contribution in [2.24, 2.45) is 11.8 Å². The van der Waals surface area contributed by atoms with Gasteiger partial charge in [0.05, 0.1) is 14.2 Å². The number of hydrogen-bond acceptors (Lipinski definition) is 15. The molecule has 1 fully saturated rings. The number of carbonyl (C=O) groups excluding carboxylic acids is 9. The van der Waals surface area contributed by atoms with Gasteiger partial charge in [0.15, 0.2) is 23.0 Å². The lowest BCUT2D eigenvalue weighted by atomic mass is 9.99. The van der Waals surface area contributed by atoms with Gasteiger partial charge in [-0.15, -0.1) is 0 Å². The Hall–Kier alpha value is -11.2. The van der Waals surface area contributed by atoms with Gasteiger partial charge in [-0.1, -0.05) is 149 Å². The number of methoxy groups -OCH3 is 2. The molecule has 0 radical (unpaired) electrons. The summed E-state index contributed by atoms with van der Waals surface area (Å²) in [6.07, 6.45) is 6.35. The van der Waals surface area contributed by atoms with Crippen molar-refractivity contribution in [1.29, 1.82) is 0 Å². The Labute approximate surface area is 556 Å². The van der Waals surface area contributed by atoms with Crippen LogP contribution in [-0.4, -0.2) is 128 Å². The predicted molar refractivity (Wildman–Crippen MR) is 359 cm³/mol. The van der Waals surface area contributed by atoms with Crippen LogP contribution < -0.4 is 56.2 Å². The first-order chi connectivity index (χ1) is 46.2. The molecule has 7 atom stereocenters. The van der Waals surface area contributed by atoms with Crippen molar-refractivity contribution in [2.45, 2.75) is 103 Å². The van der Waals surface area contributed by atoms with Crippen LogP contribution in [0.1, 0.15) is 68.0 Å². The molecule has 6 aromatic carbocycles. The molecule has 0 spiro atoms. The Morgan fingerprint density at radius 1 is 0.438 bits per heavy atom. The highest BCUT2D eigenvalue weighted by atomic mass is 16.5. The fraction of sp³-hybridized carbons (Fsp3) is 0.301. The van der Waals surface area contributed by atoms with Gasteiger partial charge in [0.1, 0.15) is 68.7 Å². The molecule has 0 aliphatic carbocycles. The number of esters is 2. The van der Waals surface area contributed by atoms with E-state index in [4.69, 9.17) is 28.4 Å². The largest absolute Gasteiger partial charge is 0.493 e. The van der Waals surface area contributed by atoms with E-state index in [1.807, 2.05) is 60.7 Å². The molecule has 0 saturated carbocycles. The van der Waals surface area contributed by atoms with Crippen LogP contribution in [0.5, 0.6) is 23.0 Å². The molecule has 1 aliphatic rings. The quantitative estimate of drug-likeness (QED) is 0.0270. The maximum atomic E-state index is 15.1. The first-order valence-electron chi connectivity index (χ1n) is 31.4. The summed E-state index contributed by atoms with van der Waals surface area (Å²) < 4.78 is 34.4. The van der Waals surface area contributed by atoms with Crippen LogP contribution in [0.3, 0.4) is 0 Å². The van der Waals surface area contributed by atoms with Crippen molar-refractivity contribution in [3.63, 3.8) is 0 Å². The number of benzene rings is 6. The Kier molecular flexibility index (Phi) is 25.5. The zero-order valence-electron chi connectivity index (χ0n) is 54.4. The van der Waals surface area contributed by atoms with Crippen molar-refractivity contribution in [2.75, 3.05) is 27.4 Å². The van der Waals surface area contributed by atoms with E-state index in [0.717, 1.165) is 23.3 Å². The van der Waals surface area contributed by atoms with E-state index in [0.29, 0.717) is 56.2 Å². The topological polar surface area (TPSA) is 309 Å². The van der Waals surface area contributed by atoms with Gasteiger partial charge in [-0.3, -0.25) is 33.6 Å². The highest BCUT2D eigenvalue weighted by Gasteiger charge is 2.37. The molecule has 96 heavy (non-hydrogen) atoms. The first-order valence-corrected chi connectivity index (χ1v) is 31.4. The zero-order chi connectivity index (χ0) is 68.7. The molecular weight excluding hydrogens is 1230 g/mol. The molecular formula is C73H80N8O15. The van der Waals surface area contributed by atoms with Crippen LogP contribution in [0.25, 0.3) is 23.1 Å².